The third-order valence-corrected chi connectivity index (χ3v) is 2.18. The molecule has 0 aliphatic heterocycles. The summed E-state index contributed by atoms with van der Waals surface area (Å²) in [5, 5.41) is 8.76. The van der Waals surface area contributed by atoms with Gasteiger partial charge in [-0.1, -0.05) is 17.7 Å². The van der Waals surface area contributed by atoms with Crippen molar-refractivity contribution in [3.63, 3.8) is 0 Å². The highest BCUT2D eigenvalue weighted by atomic mass is 16.4. The van der Waals surface area contributed by atoms with Gasteiger partial charge in [0.25, 0.3) is 0 Å². The molecule has 1 aromatic heterocycles. The Morgan fingerprint density at radius 3 is 3.00 bits per heavy atom. The highest BCUT2D eigenvalue weighted by Crippen LogP contribution is 2.20. The number of hydrogen-bond donors (Lipinski definition) is 1. The number of aryl methyl sites for hydroxylation is 1. The maximum absolute atomic E-state index is 8.76. The first-order chi connectivity index (χ1) is 7.29. The van der Waals surface area contributed by atoms with E-state index in [-0.39, 0.29) is 6.61 Å². The van der Waals surface area contributed by atoms with Gasteiger partial charge >= 0.3 is 0 Å². The number of aliphatic hydroxyl groups excluding tert-OH is 1. The first-order valence-corrected chi connectivity index (χ1v) is 4.92. The Bertz CT molecular complexity index is 448. The Balaban J connectivity index is 2.29. The smallest absolute Gasteiger partial charge is 0.226 e. The van der Waals surface area contributed by atoms with Crippen LogP contribution in [0.1, 0.15) is 11.3 Å². The molecule has 0 amide bonds. The van der Waals surface area contributed by atoms with Crippen LogP contribution in [0, 0.1) is 6.92 Å². The molecule has 0 saturated heterocycles. The van der Waals surface area contributed by atoms with Crippen LogP contribution in [-0.2, 0) is 6.42 Å². The number of benzene rings is 1. The third kappa shape index (κ3) is 2.25. The van der Waals surface area contributed by atoms with Crippen LogP contribution in [-0.4, -0.2) is 16.7 Å². The van der Waals surface area contributed by atoms with E-state index in [4.69, 9.17) is 9.52 Å². The van der Waals surface area contributed by atoms with E-state index in [0.717, 1.165) is 5.56 Å². The zero-order valence-electron chi connectivity index (χ0n) is 8.60. The lowest BCUT2D eigenvalue weighted by molar-refractivity contribution is 0.288. The molecule has 2 rings (SSSR count). The number of nitrogens with zero attached hydrogens (tertiary/aromatic N) is 1. The van der Waals surface area contributed by atoms with Gasteiger partial charge in [0.05, 0.1) is 12.8 Å². The van der Waals surface area contributed by atoms with Gasteiger partial charge in [-0.3, -0.25) is 0 Å². The van der Waals surface area contributed by atoms with Gasteiger partial charge < -0.3 is 9.52 Å². The van der Waals surface area contributed by atoms with Gasteiger partial charge in [-0.25, -0.2) is 4.98 Å². The van der Waals surface area contributed by atoms with E-state index in [9.17, 15) is 0 Å². The summed E-state index contributed by atoms with van der Waals surface area (Å²) in [5.74, 6) is 1.33. The van der Waals surface area contributed by atoms with Crippen LogP contribution in [0.25, 0.3) is 11.5 Å². The van der Waals surface area contributed by atoms with Crippen molar-refractivity contribution in [1.29, 1.82) is 0 Å². The molecule has 0 aliphatic rings. The van der Waals surface area contributed by atoms with E-state index in [0.29, 0.717) is 18.1 Å². The van der Waals surface area contributed by atoms with Gasteiger partial charge in [-0.2, -0.15) is 0 Å². The summed E-state index contributed by atoms with van der Waals surface area (Å²) in [5.41, 5.74) is 2.15. The lowest BCUT2D eigenvalue weighted by Gasteiger charge is -1.96. The predicted octanol–water partition coefficient (Wildman–Crippen LogP) is 2.18. The fourth-order valence-electron chi connectivity index (χ4n) is 1.44. The molecule has 1 N–H and O–H groups in total. The Kier molecular flexibility index (Phi) is 2.83. The average molecular weight is 203 g/mol. The van der Waals surface area contributed by atoms with E-state index < -0.39 is 0 Å². The third-order valence-electron chi connectivity index (χ3n) is 2.18. The highest BCUT2D eigenvalue weighted by Gasteiger charge is 2.05. The van der Waals surface area contributed by atoms with Crippen molar-refractivity contribution >= 4 is 0 Å². The van der Waals surface area contributed by atoms with Crippen LogP contribution >= 0.6 is 0 Å². The van der Waals surface area contributed by atoms with Crippen molar-refractivity contribution in [2.75, 3.05) is 6.61 Å². The second kappa shape index (κ2) is 4.28. The van der Waals surface area contributed by atoms with Crippen LogP contribution in [0.2, 0.25) is 0 Å². The second-order valence-electron chi connectivity index (χ2n) is 3.47. The summed E-state index contributed by atoms with van der Waals surface area (Å²) < 4.78 is 5.49. The van der Waals surface area contributed by atoms with Crippen LogP contribution < -0.4 is 0 Å². The lowest BCUT2D eigenvalue weighted by atomic mass is 10.1. The number of aromatic nitrogens is 1. The summed E-state index contributed by atoms with van der Waals surface area (Å²) in [7, 11) is 0. The SMILES string of the molecule is Cc1cccc(-c2ncc(CCO)o2)c1. The van der Waals surface area contributed by atoms with Gasteiger partial charge in [0.15, 0.2) is 0 Å². The number of aliphatic hydroxyl groups is 1. The summed E-state index contributed by atoms with van der Waals surface area (Å²) in [4.78, 5) is 4.17. The van der Waals surface area contributed by atoms with Crippen LogP contribution in [0.15, 0.2) is 34.9 Å². The Hall–Kier alpha value is -1.61. The molecule has 15 heavy (non-hydrogen) atoms. The molecule has 0 atom stereocenters. The Labute approximate surface area is 88.4 Å². The highest BCUT2D eigenvalue weighted by molar-refractivity contribution is 5.54. The van der Waals surface area contributed by atoms with Gasteiger partial charge in [-0.05, 0) is 19.1 Å². The molecule has 1 aromatic carbocycles. The topological polar surface area (TPSA) is 46.3 Å². The van der Waals surface area contributed by atoms with Crippen molar-refractivity contribution < 1.29 is 9.52 Å². The average Bonchev–Trinajstić information content (AvgIpc) is 2.67. The molecule has 0 fully saturated rings. The van der Waals surface area contributed by atoms with Gasteiger partial charge in [0.2, 0.25) is 5.89 Å². The van der Waals surface area contributed by atoms with Crippen LogP contribution in [0.5, 0.6) is 0 Å². The van der Waals surface area contributed by atoms with Gasteiger partial charge in [0.1, 0.15) is 5.76 Å². The molecule has 0 unspecified atom stereocenters. The number of oxazole rings is 1. The number of rotatable bonds is 3. The minimum absolute atomic E-state index is 0.0858. The zero-order valence-corrected chi connectivity index (χ0v) is 8.60. The fourth-order valence-corrected chi connectivity index (χ4v) is 1.44. The van der Waals surface area contributed by atoms with E-state index in [1.807, 2.05) is 31.2 Å². The monoisotopic (exact) mass is 203 g/mol. The van der Waals surface area contributed by atoms with Crippen molar-refractivity contribution in [2.24, 2.45) is 0 Å². The van der Waals surface area contributed by atoms with E-state index >= 15 is 0 Å². The summed E-state index contributed by atoms with van der Waals surface area (Å²) in [6.07, 6.45) is 2.17. The maximum atomic E-state index is 8.76. The molecule has 3 heteroatoms. The zero-order chi connectivity index (χ0) is 10.7. The Morgan fingerprint density at radius 1 is 1.40 bits per heavy atom. The molecular formula is C12H13NO2. The van der Waals surface area contributed by atoms with Crippen molar-refractivity contribution in [2.45, 2.75) is 13.3 Å². The summed E-state index contributed by atoms with van der Waals surface area (Å²) in [6.45, 7) is 2.11. The maximum Gasteiger partial charge on any atom is 0.226 e. The van der Waals surface area contributed by atoms with Crippen molar-refractivity contribution in [3.05, 3.63) is 41.8 Å². The quantitative estimate of drug-likeness (QED) is 0.831. The molecular weight excluding hydrogens is 190 g/mol. The van der Waals surface area contributed by atoms with E-state index in [2.05, 4.69) is 4.98 Å². The standard InChI is InChI=1S/C12H13NO2/c1-9-3-2-4-10(7-9)12-13-8-11(15-12)5-6-14/h2-4,7-8,14H,5-6H2,1H3. The first-order valence-electron chi connectivity index (χ1n) is 4.92. The molecule has 3 nitrogen and oxygen atoms in total. The normalized spacial score (nSPS) is 10.5. The second-order valence-corrected chi connectivity index (χ2v) is 3.47. The molecule has 1 heterocycles. The summed E-state index contributed by atoms with van der Waals surface area (Å²) in [6, 6.07) is 7.98. The molecule has 0 radical (unpaired) electrons. The molecule has 0 spiro atoms. The lowest BCUT2D eigenvalue weighted by Crippen LogP contribution is -1.86. The predicted molar refractivity (Wildman–Crippen MR) is 57.5 cm³/mol. The summed E-state index contributed by atoms with van der Waals surface area (Å²) >= 11 is 0. The van der Waals surface area contributed by atoms with Crippen molar-refractivity contribution in [3.8, 4) is 11.5 Å². The first kappa shape index (κ1) is 9.93. The number of hydrogen-bond acceptors (Lipinski definition) is 3. The van der Waals surface area contributed by atoms with Crippen molar-refractivity contribution in [1.82, 2.24) is 4.98 Å². The largest absolute Gasteiger partial charge is 0.441 e. The molecule has 2 aromatic rings. The molecule has 0 saturated carbocycles. The minimum atomic E-state index is 0.0858. The minimum Gasteiger partial charge on any atom is -0.441 e. The fraction of sp³-hybridized carbons (Fsp3) is 0.250. The van der Waals surface area contributed by atoms with Gasteiger partial charge in [-0.15, -0.1) is 0 Å². The molecule has 0 aliphatic carbocycles. The van der Waals surface area contributed by atoms with E-state index in [1.165, 1.54) is 5.56 Å². The van der Waals surface area contributed by atoms with Gasteiger partial charge in [0, 0.05) is 12.0 Å². The van der Waals surface area contributed by atoms with E-state index in [1.54, 1.807) is 6.20 Å². The molecule has 78 valence electrons. The van der Waals surface area contributed by atoms with Crippen LogP contribution in [0.3, 0.4) is 0 Å². The molecule has 0 bridgehead atoms. The Morgan fingerprint density at radius 2 is 2.27 bits per heavy atom. The van der Waals surface area contributed by atoms with Crippen LogP contribution in [0.4, 0.5) is 0 Å².